The van der Waals surface area contributed by atoms with Crippen molar-refractivity contribution >= 4 is 28.3 Å². The van der Waals surface area contributed by atoms with E-state index in [2.05, 4.69) is 16.9 Å². The molecule has 0 bridgehead atoms. The van der Waals surface area contributed by atoms with E-state index in [1.165, 1.54) is 6.07 Å². The highest BCUT2D eigenvalue weighted by Gasteiger charge is 2.20. The highest BCUT2D eigenvalue weighted by Crippen LogP contribution is 2.33. The Balaban J connectivity index is 2.22. The monoisotopic (exact) mass is 304 g/mol. The van der Waals surface area contributed by atoms with E-state index in [1.54, 1.807) is 24.3 Å². The fourth-order valence-electron chi connectivity index (χ4n) is 2.70. The lowest BCUT2D eigenvalue weighted by molar-refractivity contribution is 0.619. The maximum absolute atomic E-state index is 13.7. The third-order valence-electron chi connectivity index (χ3n) is 3.70. The number of rotatable bonds is 2. The second-order valence-electron chi connectivity index (χ2n) is 5.29. The number of aromatic nitrogens is 3. The lowest BCUT2D eigenvalue weighted by Gasteiger charge is -2.15. The van der Waals surface area contributed by atoms with Crippen molar-refractivity contribution in [3.63, 3.8) is 0 Å². The van der Waals surface area contributed by atoms with Gasteiger partial charge in [0.05, 0.1) is 32.7 Å². The minimum absolute atomic E-state index is 0.0195. The Hall–Kier alpha value is -1.95. The molecule has 2 heterocycles. The van der Waals surface area contributed by atoms with Crippen LogP contribution in [0.25, 0.3) is 11.0 Å². The number of hydrogen-bond donors (Lipinski definition) is 1. The fourth-order valence-corrected chi connectivity index (χ4v) is 3.67. The van der Waals surface area contributed by atoms with Gasteiger partial charge in [-0.25, -0.2) is 14.4 Å². The second-order valence-corrected chi connectivity index (χ2v) is 6.52. The fraction of sp³-hybridized carbons (Fsp3) is 0.333. The summed E-state index contributed by atoms with van der Waals surface area (Å²) >= 11 is 1.66. The second kappa shape index (κ2) is 4.80. The smallest absolute Gasteiger partial charge is 0.201 e. The van der Waals surface area contributed by atoms with Crippen LogP contribution < -0.4 is 5.73 Å². The number of halogens is 1. The summed E-state index contributed by atoms with van der Waals surface area (Å²) in [5.41, 5.74) is 9.09. The molecule has 6 heteroatoms. The van der Waals surface area contributed by atoms with Crippen molar-refractivity contribution in [1.82, 2.24) is 14.5 Å². The number of hydrogen-bond acceptors (Lipinski definition) is 4. The van der Waals surface area contributed by atoms with Crippen molar-refractivity contribution in [3.8, 4) is 0 Å². The standard InChI is InChI=1S/C15H17FN4S/c1-7-5-13-12(6-11(7)16)19-15(17)20(13)9(3)14-8(2)18-10(4)21-14/h5-6,9H,1-4H3,(H2,17,19). The zero-order valence-corrected chi connectivity index (χ0v) is 13.3. The van der Waals surface area contributed by atoms with E-state index >= 15 is 0 Å². The van der Waals surface area contributed by atoms with Crippen LogP contribution in [0.15, 0.2) is 12.1 Å². The molecule has 0 amide bonds. The molecule has 1 unspecified atom stereocenters. The molecule has 0 fully saturated rings. The van der Waals surface area contributed by atoms with Gasteiger partial charge in [0, 0.05) is 6.07 Å². The molecule has 2 aromatic heterocycles. The maximum Gasteiger partial charge on any atom is 0.201 e. The van der Waals surface area contributed by atoms with Gasteiger partial charge in [-0.05, 0) is 39.3 Å². The van der Waals surface area contributed by atoms with E-state index in [0.717, 1.165) is 21.1 Å². The maximum atomic E-state index is 13.7. The van der Waals surface area contributed by atoms with Crippen molar-refractivity contribution in [2.45, 2.75) is 33.7 Å². The molecule has 4 nitrogen and oxygen atoms in total. The van der Waals surface area contributed by atoms with Gasteiger partial charge in [-0.3, -0.25) is 0 Å². The van der Waals surface area contributed by atoms with Crippen LogP contribution in [0.1, 0.15) is 34.1 Å². The first-order valence-corrected chi connectivity index (χ1v) is 7.57. The zero-order valence-electron chi connectivity index (χ0n) is 12.4. The topological polar surface area (TPSA) is 56.7 Å². The average molecular weight is 304 g/mol. The lowest BCUT2D eigenvalue weighted by atomic mass is 10.2. The summed E-state index contributed by atoms with van der Waals surface area (Å²) in [7, 11) is 0. The predicted molar refractivity (Wildman–Crippen MR) is 84.2 cm³/mol. The molecule has 0 saturated carbocycles. The normalized spacial score (nSPS) is 13.0. The molecule has 0 spiro atoms. The highest BCUT2D eigenvalue weighted by molar-refractivity contribution is 7.11. The molecule has 0 aliphatic heterocycles. The van der Waals surface area contributed by atoms with Gasteiger partial charge >= 0.3 is 0 Å². The third kappa shape index (κ3) is 2.19. The molecular weight excluding hydrogens is 287 g/mol. The van der Waals surface area contributed by atoms with E-state index in [4.69, 9.17) is 5.73 Å². The molecule has 0 aliphatic rings. The Bertz CT molecular complexity index is 834. The number of fused-ring (bicyclic) bond motifs is 1. The van der Waals surface area contributed by atoms with Crippen LogP contribution in [0.2, 0.25) is 0 Å². The van der Waals surface area contributed by atoms with E-state index in [0.29, 0.717) is 17.0 Å². The summed E-state index contributed by atoms with van der Waals surface area (Å²) < 4.78 is 15.6. The number of benzene rings is 1. The Morgan fingerprint density at radius 2 is 1.95 bits per heavy atom. The van der Waals surface area contributed by atoms with Gasteiger partial charge in [0.1, 0.15) is 5.82 Å². The van der Waals surface area contributed by atoms with Crippen molar-refractivity contribution in [1.29, 1.82) is 0 Å². The summed E-state index contributed by atoms with van der Waals surface area (Å²) in [5.74, 6) is 0.137. The zero-order chi connectivity index (χ0) is 15.3. The summed E-state index contributed by atoms with van der Waals surface area (Å²) in [6.07, 6.45) is 0. The summed E-state index contributed by atoms with van der Waals surface area (Å²) in [6, 6.07) is 3.26. The van der Waals surface area contributed by atoms with Crippen LogP contribution in [0.3, 0.4) is 0 Å². The molecule has 21 heavy (non-hydrogen) atoms. The number of thiazole rings is 1. The molecular formula is C15H17FN4S. The minimum atomic E-state index is -0.260. The molecule has 0 radical (unpaired) electrons. The first-order valence-electron chi connectivity index (χ1n) is 6.76. The Morgan fingerprint density at radius 1 is 1.24 bits per heavy atom. The Kier molecular flexibility index (Phi) is 3.20. The number of nitrogens with zero attached hydrogens (tertiary/aromatic N) is 3. The van der Waals surface area contributed by atoms with E-state index in [1.807, 2.05) is 18.4 Å². The van der Waals surface area contributed by atoms with Gasteiger partial charge in [-0.2, -0.15) is 0 Å². The summed E-state index contributed by atoms with van der Waals surface area (Å²) in [5, 5.41) is 1.03. The number of anilines is 1. The summed E-state index contributed by atoms with van der Waals surface area (Å²) in [4.78, 5) is 9.90. The van der Waals surface area contributed by atoms with Crippen molar-refractivity contribution < 1.29 is 4.39 Å². The molecule has 1 atom stereocenters. The van der Waals surface area contributed by atoms with E-state index in [9.17, 15) is 4.39 Å². The van der Waals surface area contributed by atoms with Crippen LogP contribution in [0.4, 0.5) is 10.3 Å². The van der Waals surface area contributed by atoms with Crippen LogP contribution >= 0.6 is 11.3 Å². The van der Waals surface area contributed by atoms with Gasteiger partial charge in [0.15, 0.2) is 0 Å². The lowest BCUT2D eigenvalue weighted by Crippen LogP contribution is -2.10. The van der Waals surface area contributed by atoms with Crippen LogP contribution in [0, 0.1) is 26.6 Å². The number of imidazole rings is 1. The largest absolute Gasteiger partial charge is 0.369 e. The van der Waals surface area contributed by atoms with Crippen molar-refractivity contribution in [2.24, 2.45) is 0 Å². The predicted octanol–water partition coefficient (Wildman–Crippen LogP) is 3.75. The third-order valence-corrected chi connectivity index (χ3v) is 4.95. The van der Waals surface area contributed by atoms with Crippen LogP contribution in [-0.2, 0) is 0 Å². The SMILES string of the molecule is Cc1nc(C)c(C(C)n2c(N)nc3cc(F)c(C)cc32)s1. The quantitative estimate of drug-likeness (QED) is 0.784. The molecule has 3 aromatic rings. The number of aryl methyl sites for hydroxylation is 3. The van der Waals surface area contributed by atoms with Crippen molar-refractivity contribution in [3.05, 3.63) is 39.1 Å². The minimum Gasteiger partial charge on any atom is -0.369 e. The molecule has 110 valence electrons. The molecule has 0 aliphatic carbocycles. The van der Waals surface area contributed by atoms with Gasteiger partial charge in [-0.15, -0.1) is 11.3 Å². The number of nitrogens with two attached hydrogens (primary N) is 1. The molecule has 3 rings (SSSR count). The van der Waals surface area contributed by atoms with Gasteiger partial charge in [0.25, 0.3) is 0 Å². The van der Waals surface area contributed by atoms with Crippen LogP contribution in [0.5, 0.6) is 0 Å². The Morgan fingerprint density at radius 3 is 2.57 bits per heavy atom. The molecule has 2 N–H and O–H groups in total. The first kappa shape index (κ1) is 14.0. The summed E-state index contributed by atoms with van der Waals surface area (Å²) in [6.45, 7) is 7.80. The van der Waals surface area contributed by atoms with Gasteiger partial charge in [-0.1, -0.05) is 0 Å². The average Bonchev–Trinajstić information content (AvgIpc) is 2.89. The number of nitrogen functional groups attached to an aromatic ring is 1. The van der Waals surface area contributed by atoms with Gasteiger partial charge in [0.2, 0.25) is 5.95 Å². The van der Waals surface area contributed by atoms with Gasteiger partial charge < -0.3 is 10.3 Å². The van der Waals surface area contributed by atoms with E-state index in [-0.39, 0.29) is 11.9 Å². The highest BCUT2D eigenvalue weighted by atomic mass is 32.1. The molecule has 0 saturated heterocycles. The van der Waals surface area contributed by atoms with Crippen LogP contribution in [-0.4, -0.2) is 14.5 Å². The first-order chi connectivity index (χ1) is 9.88. The van der Waals surface area contributed by atoms with Crippen molar-refractivity contribution in [2.75, 3.05) is 5.73 Å². The van der Waals surface area contributed by atoms with E-state index < -0.39 is 0 Å². The molecule has 1 aromatic carbocycles. The Labute approximate surface area is 126 Å².